The standard InChI is InChI=1S/C11H21NO2/c1-3-13-11(14-4-2)9-12-10-7-5-6-8-10/h5-6,10-12H,3-4,7-9H2,1-2H3. The first-order chi connectivity index (χ1) is 6.86. The molecular formula is C11H21NO2. The Hall–Kier alpha value is -0.380. The molecule has 0 bridgehead atoms. The van der Waals surface area contributed by atoms with Crippen molar-refractivity contribution < 1.29 is 9.47 Å². The predicted octanol–water partition coefficient (Wildman–Crippen LogP) is 1.69. The molecular weight excluding hydrogens is 178 g/mol. The number of rotatable bonds is 7. The molecule has 0 aromatic heterocycles. The summed E-state index contributed by atoms with van der Waals surface area (Å²) in [7, 11) is 0. The second kappa shape index (κ2) is 6.98. The molecule has 0 aliphatic heterocycles. The first-order valence-electron chi connectivity index (χ1n) is 5.48. The van der Waals surface area contributed by atoms with Crippen LogP contribution in [-0.4, -0.2) is 32.1 Å². The van der Waals surface area contributed by atoms with Crippen LogP contribution in [0.1, 0.15) is 26.7 Å². The summed E-state index contributed by atoms with van der Waals surface area (Å²) in [4.78, 5) is 0. The first-order valence-corrected chi connectivity index (χ1v) is 5.48. The van der Waals surface area contributed by atoms with Gasteiger partial charge in [-0.2, -0.15) is 0 Å². The van der Waals surface area contributed by atoms with E-state index in [1.54, 1.807) is 0 Å². The minimum atomic E-state index is -0.0920. The minimum Gasteiger partial charge on any atom is -0.352 e. The lowest BCUT2D eigenvalue weighted by Crippen LogP contribution is -2.36. The quantitative estimate of drug-likeness (QED) is 0.500. The van der Waals surface area contributed by atoms with E-state index in [1.165, 1.54) is 0 Å². The molecule has 1 N–H and O–H groups in total. The molecule has 0 saturated carbocycles. The van der Waals surface area contributed by atoms with Gasteiger partial charge in [0.05, 0.1) is 0 Å². The molecule has 0 radical (unpaired) electrons. The van der Waals surface area contributed by atoms with Gasteiger partial charge in [-0.25, -0.2) is 0 Å². The summed E-state index contributed by atoms with van der Waals surface area (Å²) in [5.41, 5.74) is 0. The fraction of sp³-hybridized carbons (Fsp3) is 0.818. The Bertz CT molecular complexity index is 157. The highest BCUT2D eigenvalue weighted by Crippen LogP contribution is 2.09. The van der Waals surface area contributed by atoms with Crippen LogP contribution in [0.25, 0.3) is 0 Å². The Labute approximate surface area is 86.5 Å². The molecule has 0 saturated heterocycles. The molecule has 0 aromatic carbocycles. The predicted molar refractivity (Wildman–Crippen MR) is 57.2 cm³/mol. The maximum atomic E-state index is 5.44. The van der Waals surface area contributed by atoms with Crippen LogP contribution in [0.15, 0.2) is 12.2 Å². The van der Waals surface area contributed by atoms with E-state index in [4.69, 9.17) is 9.47 Å². The maximum Gasteiger partial charge on any atom is 0.169 e. The molecule has 0 fully saturated rings. The lowest BCUT2D eigenvalue weighted by Gasteiger charge is -2.20. The largest absolute Gasteiger partial charge is 0.352 e. The Morgan fingerprint density at radius 3 is 2.29 bits per heavy atom. The highest BCUT2D eigenvalue weighted by molar-refractivity contribution is 4.97. The number of hydrogen-bond acceptors (Lipinski definition) is 3. The fourth-order valence-corrected chi connectivity index (χ4v) is 1.58. The van der Waals surface area contributed by atoms with Crippen molar-refractivity contribution in [3.8, 4) is 0 Å². The third kappa shape index (κ3) is 4.22. The van der Waals surface area contributed by atoms with Crippen LogP contribution in [0, 0.1) is 0 Å². The van der Waals surface area contributed by atoms with Crippen LogP contribution in [-0.2, 0) is 9.47 Å². The Balaban J connectivity index is 2.11. The van der Waals surface area contributed by atoms with Crippen LogP contribution in [0.5, 0.6) is 0 Å². The monoisotopic (exact) mass is 199 g/mol. The van der Waals surface area contributed by atoms with E-state index in [-0.39, 0.29) is 6.29 Å². The summed E-state index contributed by atoms with van der Waals surface area (Å²) in [6.45, 7) is 6.17. The van der Waals surface area contributed by atoms with Gasteiger partial charge < -0.3 is 14.8 Å². The second-order valence-corrected chi connectivity index (χ2v) is 3.39. The van der Waals surface area contributed by atoms with Crippen molar-refractivity contribution in [3.63, 3.8) is 0 Å². The van der Waals surface area contributed by atoms with Crippen molar-refractivity contribution in [3.05, 3.63) is 12.2 Å². The normalized spacial score (nSPS) is 17.1. The summed E-state index contributed by atoms with van der Waals surface area (Å²) in [5.74, 6) is 0. The molecule has 0 heterocycles. The zero-order valence-corrected chi connectivity index (χ0v) is 9.16. The van der Waals surface area contributed by atoms with E-state index >= 15 is 0 Å². The van der Waals surface area contributed by atoms with Gasteiger partial charge in [0.2, 0.25) is 0 Å². The number of hydrogen-bond donors (Lipinski definition) is 1. The average Bonchev–Trinajstić information content (AvgIpc) is 2.67. The van der Waals surface area contributed by atoms with Crippen molar-refractivity contribution in [2.45, 2.75) is 39.0 Å². The third-order valence-electron chi connectivity index (χ3n) is 2.29. The minimum absolute atomic E-state index is 0.0920. The van der Waals surface area contributed by atoms with Crippen molar-refractivity contribution >= 4 is 0 Å². The van der Waals surface area contributed by atoms with E-state index in [1.807, 2.05) is 13.8 Å². The van der Waals surface area contributed by atoms with Crippen molar-refractivity contribution in [2.24, 2.45) is 0 Å². The summed E-state index contributed by atoms with van der Waals surface area (Å²) in [6.07, 6.45) is 6.60. The Kier molecular flexibility index (Phi) is 5.83. The van der Waals surface area contributed by atoms with Gasteiger partial charge in [0, 0.05) is 25.8 Å². The molecule has 82 valence electrons. The van der Waals surface area contributed by atoms with Gasteiger partial charge in [0.1, 0.15) is 0 Å². The lowest BCUT2D eigenvalue weighted by atomic mass is 10.2. The summed E-state index contributed by atoms with van der Waals surface area (Å²) < 4.78 is 10.9. The second-order valence-electron chi connectivity index (χ2n) is 3.39. The molecule has 0 amide bonds. The lowest BCUT2D eigenvalue weighted by molar-refractivity contribution is -0.133. The maximum absolute atomic E-state index is 5.44. The topological polar surface area (TPSA) is 30.5 Å². The summed E-state index contributed by atoms with van der Waals surface area (Å²) in [6, 6.07) is 0.582. The average molecular weight is 199 g/mol. The summed E-state index contributed by atoms with van der Waals surface area (Å²) >= 11 is 0. The molecule has 14 heavy (non-hydrogen) atoms. The zero-order chi connectivity index (χ0) is 10.2. The van der Waals surface area contributed by atoms with Gasteiger partial charge in [-0.3, -0.25) is 0 Å². The molecule has 3 nitrogen and oxygen atoms in total. The van der Waals surface area contributed by atoms with Crippen LogP contribution in [0.3, 0.4) is 0 Å². The van der Waals surface area contributed by atoms with Gasteiger partial charge in [0.25, 0.3) is 0 Å². The molecule has 1 aliphatic carbocycles. The molecule has 0 atom stereocenters. The van der Waals surface area contributed by atoms with E-state index in [0.717, 1.165) is 19.4 Å². The van der Waals surface area contributed by atoms with Gasteiger partial charge >= 0.3 is 0 Å². The van der Waals surface area contributed by atoms with Crippen molar-refractivity contribution in [2.75, 3.05) is 19.8 Å². The Morgan fingerprint density at radius 2 is 1.79 bits per heavy atom. The van der Waals surface area contributed by atoms with E-state index in [9.17, 15) is 0 Å². The molecule has 1 aliphatic rings. The van der Waals surface area contributed by atoms with Gasteiger partial charge in [-0.05, 0) is 26.7 Å². The molecule has 0 unspecified atom stereocenters. The number of nitrogens with one attached hydrogen (secondary N) is 1. The fourth-order valence-electron chi connectivity index (χ4n) is 1.58. The number of ether oxygens (including phenoxy) is 2. The molecule has 0 aromatic rings. The van der Waals surface area contributed by atoms with Crippen molar-refractivity contribution in [1.82, 2.24) is 5.32 Å². The third-order valence-corrected chi connectivity index (χ3v) is 2.29. The SMILES string of the molecule is CCOC(CNC1CC=CC1)OCC. The van der Waals surface area contributed by atoms with Crippen LogP contribution in [0.4, 0.5) is 0 Å². The summed E-state index contributed by atoms with van der Waals surface area (Å²) in [5, 5.41) is 3.44. The van der Waals surface area contributed by atoms with Crippen molar-refractivity contribution in [1.29, 1.82) is 0 Å². The molecule has 0 spiro atoms. The van der Waals surface area contributed by atoms with E-state index in [2.05, 4.69) is 17.5 Å². The molecule has 1 rings (SSSR count). The highest BCUT2D eigenvalue weighted by atomic mass is 16.7. The van der Waals surface area contributed by atoms with Gasteiger partial charge in [-0.15, -0.1) is 0 Å². The van der Waals surface area contributed by atoms with Crippen LogP contribution >= 0.6 is 0 Å². The smallest absolute Gasteiger partial charge is 0.169 e. The zero-order valence-electron chi connectivity index (χ0n) is 9.16. The van der Waals surface area contributed by atoms with E-state index in [0.29, 0.717) is 19.3 Å². The van der Waals surface area contributed by atoms with E-state index < -0.39 is 0 Å². The Morgan fingerprint density at radius 1 is 1.21 bits per heavy atom. The van der Waals surface area contributed by atoms with Gasteiger partial charge in [0.15, 0.2) is 6.29 Å². The van der Waals surface area contributed by atoms with Crippen LogP contribution < -0.4 is 5.32 Å². The molecule has 3 heteroatoms. The first kappa shape index (κ1) is 11.7. The van der Waals surface area contributed by atoms with Gasteiger partial charge in [-0.1, -0.05) is 12.2 Å². The van der Waals surface area contributed by atoms with Crippen LogP contribution in [0.2, 0.25) is 0 Å². The highest BCUT2D eigenvalue weighted by Gasteiger charge is 2.13.